The maximum atomic E-state index is 12.6. The summed E-state index contributed by atoms with van der Waals surface area (Å²) in [5.74, 6) is 0.102. The van der Waals surface area contributed by atoms with Gasteiger partial charge in [-0.15, -0.1) is 0 Å². The smallest absolute Gasteiger partial charge is 0.251 e. The molecule has 4 nitrogen and oxygen atoms in total. The fourth-order valence-corrected chi connectivity index (χ4v) is 3.12. The Morgan fingerprint density at radius 2 is 1.96 bits per heavy atom. The van der Waals surface area contributed by atoms with Crippen LogP contribution in [0.15, 0.2) is 48.5 Å². The van der Waals surface area contributed by atoms with Crippen molar-refractivity contribution in [2.24, 2.45) is 0 Å². The molecular weight excluding hydrogens is 312 g/mol. The van der Waals surface area contributed by atoms with Crippen molar-refractivity contribution < 1.29 is 9.59 Å². The number of hydrogen-bond acceptors (Lipinski definition) is 2. The van der Waals surface area contributed by atoms with Crippen LogP contribution < -0.4 is 5.32 Å². The number of carbonyl (C=O) groups excluding carboxylic acids is 2. The maximum absolute atomic E-state index is 12.6. The molecule has 0 aromatic heterocycles. The van der Waals surface area contributed by atoms with E-state index >= 15 is 0 Å². The number of amides is 2. The van der Waals surface area contributed by atoms with Gasteiger partial charge in [0.25, 0.3) is 5.91 Å². The molecule has 25 heavy (non-hydrogen) atoms. The van der Waals surface area contributed by atoms with Crippen molar-refractivity contribution in [3.63, 3.8) is 0 Å². The van der Waals surface area contributed by atoms with Gasteiger partial charge in [0.2, 0.25) is 5.91 Å². The molecule has 2 amide bonds. The summed E-state index contributed by atoms with van der Waals surface area (Å²) in [7, 11) is 0. The molecule has 2 aromatic carbocycles. The Kier molecular flexibility index (Phi) is 5.17. The van der Waals surface area contributed by atoms with Crippen LogP contribution in [0.5, 0.6) is 0 Å². The number of carbonyl (C=O) groups is 2. The minimum absolute atomic E-state index is 0.0584. The highest BCUT2D eigenvalue weighted by atomic mass is 16.2. The molecule has 1 aliphatic heterocycles. The molecule has 0 aliphatic carbocycles. The summed E-state index contributed by atoms with van der Waals surface area (Å²) in [4.78, 5) is 26.2. The van der Waals surface area contributed by atoms with E-state index in [4.69, 9.17) is 0 Å². The van der Waals surface area contributed by atoms with Gasteiger partial charge in [0, 0.05) is 25.1 Å². The van der Waals surface area contributed by atoms with E-state index in [2.05, 4.69) is 5.32 Å². The second kappa shape index (κ2) is 7.51. The number of hydrogen-bond donors (Lipinski definition) is 1. The van der Waals surface area contributed by atoms with Gasteiger partial charge in [0.1, 0.15) is 0 Å². The van der Waals surface area contributed by atoms with Crippen LogP contribution in [0.4, 0.5) is 0 Å². The predicted molar refractivity (Wildman–Crippen MR) is 98.2 cm³/mol. The van der Waals surface area contributed by atoms with Gasteiger partial charge >= 0.3 is 0 Å². The molecule has 1 N–H and O–H groups in total. The fourth-order valence-electron chi connectivity index (χ4n) is 3.12. The fraction of sp³-hybridized carbons (Fsp3) is 0.333. The molecule has 0 bridgehead atoms. The number of nitrogens with one attached hydrogen (secondary N) is 1. The average Bonchev–Trinajstić information content (AvgIpc) is 3.00. The molecule has 1 atom stereocenters. The molecular formula is C21H24N2O2. The van der Waals surface area contributed by atoms with Gasteiger partial charge in [-0.2, -0.15) is 0 Å². The first-order valence-electron chi connectivity index (χ1n) is 8.77. The largest absolute Gasteiger partial charge is 0.346 e. The Labute approximate surface area is 148 Å². The highest BCUT2D eigenvalue weighted by molar-refractivity contribution is 5.94. The summed E-state index contributed by atoms with van der Waals surface area (Å²) >= 11 is 0. The van der Waals surface area contributed by atoms with Crippen LogP contribution in [-0.2, 0) is 11.3 Å². The third kappa shape index (κ3) is 4.27. The third-order valence-corrected chi connectivity index (χ3v) is 4.66. The third-order valence-electron chi connectivity index (χ3n) is 4.66. The van der Waals surface area contributed by atoms with Crippen molar-refractivity contribution in [3.8, 4) is 0 Å². The zero-order valence-corrected chi connectivity index (χ0v) is 14.8. The van der Waals surface area contributed by atoms with E-state index in [1.54, 1.807) is 0 Å². The van der Waals surface area contributed by atoms with Gasteiger partial charge in [-0.25, -0.2) is 0 Å². The second-order valence-corrected chi connectivity index (χ2v) is 6.73. The van der Waals surface area contributed by atoms with Crippen molar-refractivity contribution in [1.82, 2.24) is 10.2 Å². The number of likely N-dealkylation sites (tertiary alicyclic amines) is 1. The molecule has 1 fully saturated rings. The standard InChI is InChI=1S/C21H24N2O2/c1-15-8-10-18(11-9-15)16(2)22-21(25)19-6-3-5-17(13-19)14-23-12-4-7-20(23)24/h3,5-6,8-11,13,16H,4,7,12,14H2,1-2H3,(H,22,25). The highest BCUT2D eigenvalue weighted by Crippen LogP contribution is 2.17. The summed E-state index contributed by atoms with van der Waals surface area (Å²) in [6.07, 6.45) is 1.56. The quantitative estimate of drug-likeness (QED) is 0.907. The lowest BCUT2D eigenvalue weighted by Crippen LogP contribution is -2.27. The Bertz CT molecular complexity index is 768. The van der Waals surface area contributed by atoms with Crippen LogP contribution in [0.1, 0.15) is 52.9 Å². The average molecular weight is 336 g/mol. The van der Waals surface area contributed by atoms with Crippen molar-refractivity contribution in [2.45, 2.75) is 39.3 Å². The van der Waals surface area contributed by atoms with Gasteiger partial charge in [-0.05, 0) is 43.5 Å². The monoisotopic (exact) mass is 336 g/mol. The highest BCUT2D eigenvalue weighted by Gasteiger charge is 2.20. The molecule has 0 saturated carbocycles. The predicted octanol–water partition coefficient (Wildman–Crippen LogP) is 3.61. The minimum atomic E-state index is -0.0947. The van der Waals surface area contributed by atoms with E-state index in [0.29, 0.717) is 18.5 Å². The SMILES string of the molecule is Cc1ccc(C(C)NC(=O)c2cccc(CN3CCCC3=O)c2)cc1. The summed E-state index contributed by atoms with van der Waals surface area (Å²) in [5, 5.41) is 3.04. The lowest BCUT2D eigenvalue weighted by atomic mass is 10.1. The van der Waals surface area contributed by atoms with Crippen molar-refractivity contribution >= 4 is 11.8 Å². The van der Waals surface area contributed by atoms with Crippen LogP contribution in [0.2, 0.25) is 0 Å². The van der Waals surface area contributed by atoms with Gasteiger partial charge in [0.15, 0.2) is 0 Å². The van der Waals surface area contributed by atoms with E-state index in [1.165, 1.54) is 5.56 Å². The van der Waals surface area contributed by atoms with Crippen LogP contribution in [0.25, 0.3) is 0 Å². The Morgan fingerprint density at radius 1 is 1.20 bits per heavy atom. The minimum Gasteiger partial charge on any atom is -0.346 e. The summed E-state index contributed by atoms with van der Waals surface area (Å²) in [6, 6.07) is 15.6. The molecule has 0 radical (unpaired) electrons. The number of nitrogens with zero attached hydrogens (tertiary/aromatic N) is 1. The first-order chi connectivity index (χ1) is 12.0. The molecule has 130 valence electrons. The molecule has 3 rings (SSSR count). The maximum Gasteiger partial charge on any atom is 0.251 e. The van der Waals surface area contributed by atoms with Gasteiger partial charge in [0.05, 0.1) is 6.04 Å². The number of rotatable bonds is 5. The lowest BCUT2D eigenvalue weighted by molar-refractivity contribution is -0.128. The zero-order valence-electron chi connectivity index (χ0n) is 14.8. The summed E-state index contributed by atoms with van der Waals surface area (Å²) in [5.41, 5.74) is 3.90. The molecule has 1 saturated heterocycles. The summed E-state index contributed by atoms with van der Waals surface area (Å²) in [6.45, 7) is 5.41. The van der Waals surface area contributed by atoms with E-state index in [9.17, 15) is 9.59 Å². The topological polar surface area (TPSA) is 49.4 Å². The molecule has 1 heterocycles. The first-order valence-corrected chi connectivity index (χ1v) is 8.77. The summed E-state index contributed by atoms with van der Waals surface area (Å²) < 4.78 is 0. The molecule has 1 aliphatic rings. The first kappa shape index (κ1) is 17.2. The van der Waals surface area contributed by atoms with Crippen LogP contribution in [0.3, 0.4) is 0 Å². The van der Waals surface area contributed by atoms with Crippen molar-refractivity contribution in [2.75, 3.05) is 6.54 Å². The lowest BCUT2D eigenvalue weighted by Gasteiger charge is -2.17. The molecule has 0 spiro atoms. The Hall–Kier alpha value is -2.62. The van der Waals surface area contributed by atoms with Crippen LogP contribution in [-0.4, -0.2) is 23.3 Å². The van der Waals surface area contributed by atoms with E-state index in [1.807, 2.05) is 67.3 Å². The van der Waals surface area contributed by atoms with Crippen LogP contribution in [0, 0.1) is 6.92 Å². The van der Waals surface area contributed by atoms with E-state index in [-0.39, 0.29) is 17.9 Å². The normalized spacial score (nSPS) is 15.3. The van der Waals surface area contributed by atoms with Crippen molar-refractivity contribution in [3.05, 3.63) is 70.8 Å². The van der Waals surface area contributed by atoms with Crippen molar-refractivity contribution in [1.29, 1.82) is 0 Å². The van der Waals surface area contributed by atoms with Crippen LogP contribution >= 0.6 is 0 Å². The van der Waals surface area contributed by atoms with E-state index in [0.717, 1.165) is 24.1 Å². The second-order valence-electron chi connectivity index (χ2n) is 6.73. The van der Waals surface area contributed by atoms with E-state index < -0.39 is 0 Å². The Balaban J connectivity index is 1.66. The molecule has 1 unspecified atom stereocenters. The van der Waals surface area contributed by atoms with Gasteiger partial charge < -0.3 is 10.2 Å². The molecule has 2 aromatic rings. The molecule has 4 heteroatoms. The number of benzene rings is 2. The zero-order chi connectivity index (χ0) is 17.8. The number of aryl methyl sites for hydroxylation is 1. The van der Waals surface area contributed by atoms with Gasteiger partial charge in [-0.1, -0.05) is 42.0 Å². The van der Waals surface area contributed by atoms with Gasteiger partial charge in [-0.3, -0.25) is 9.59 Å². The Morgan fingerprint density at radius 3 is 2.64 bits per heavy atom.